The Morgan fingerprint density at radius 2 is 1.76 bits per heavy atom. The van der Waals surface area contributed by atoms with Crippen molar-refractivity contribution in [2.45, 2.75) is 16.6 Å². The summed E-state index contributed by atoms with van der Waals surface area (Å²) in [6.45, 7) is 2.52. The Morgan fingerprint density at radius 1 is 1.08 bits per heavy atom. The summed E-state index contributed by atoms with van der Waals surface area (Å²) in [6, 6.07) is 20.1. The molecule has 0 saturated heterocycles. The van der Waals surface area contributed by atoms with Crippen molar-refractivity contribution in [3.63, 3.8) is 0 Å². The van der Waals surface area contributed by atoms with Crippen LogP contribution in [-0.2, 0) is 4.79 Å². The molecule has 1 aliphatic heterocycles. The Labute approximate surface area is 159 Å². The molecule has 1 heterocycles. The summed E-state index contributed by atoms with van der Waals surface area (Å²) in [4.78, 5) is 13.9. The van der Waals surface area contributed by atoms with E-state index in [0.717, 1.165) is 30.0 Å². The predicted octanol–water partition coefficient (Wildman–Crippen LogP) is 3.98. The second-order valence-corrected chi connectivity index (χ2v) is 6.93. The highest BCUT2D eigenvalue weighted by atomic mass is 35.5. The molecular formula is C20H23ClN2OS. The van der Waals surface area contributed by atoms with Crippen molar-refractivity contribution in [2.24, 2.45) is 0 Å². The fourth-order valence-corrected chi connectivity index (χ4v) is 3.73. The first-order chi connectivity index (χ1) is 11.8. The van der Waals surface area contributed by atoms with Crippen molar-refractivity contribution < 1.29 is 4.79 Å². The zero-order valence-electron chi connectivity index (χ0n) is 14.0. The van der Waals surface area contributed by atoms with Gasteiger partial charge in [-0.2, -0.15) is 0 Å². The Hall–Kier alpha value is -1.75. The first-order valence-corrected chi connectivity index (χ1v) is 9.14. The van der Waals surface area contributed by atoms with Crippen molar-refractivity contribution in [2.75, 3.05) is 19.6 Å². The largest absolute Gasteiger partial charge is 0.351 e. The van der Waals surface area contributed by atoms with E-state index >= 15 is 0 Å². The molecule has 1 aliphatic rings. The molecule has 0 aromatic heterocycles. The van der Waals surface area contributed by atoms with E-state index in [2.05, 4.69) is 16.7 Å². The quantitative estimate of drug-likeness (QED) is 0.593. The van der Waals surface area contributed by atoms with Crippen molar-refractivity contribution in [1.29, 1.82) is 0 Å². The van der Waals surface area contributed by atoms with Crippen molar-refractivity contribution in [3.8, 4) is 0 Å². The molecular weight excluding hydrogens is 352 g/mol. The lowest BCUT2D eigenvalue weighted by Gasteiger charge is -2.19. The molecule has 1 atom stereocenters. The van der Waals surface area contributed by atoms with Crippen LogP contribution in [0.5, 0.6) is 0 Å². The summed E-state index contributed by atoms with van der Waals surface area (Å²) < 4.78 is 0. The van der Waals surface area contributed by atoms with Crippen LogP contribution in [-0.4, -0.2) is 25.5 Å². The van der Waals surface area contributed by atoms with Crippen LogP contribution in [0.4, 0.5) is 0 Å². The third kappa shape index (κ3) is 5.92. The van der Waals surface area contributed by atoms with E-state index in [1.54, 1.807) is 11.8 Å². The summed E-state index contributed by atoms with van der Waals surface area (Å²) in [6.07, 6.45) is 3.17. The summed E-state index contributed by atoms with van der Waals surface area (Å²) in [5, 5.41) is 6.17. The molecule has 0 radical (unpaired) electrons. The third-order valence-electron chi connectivity index (χ3n) is 3.99. The van der Waals surface area contributed by atoms with E-state index in [9.17, 15) is 4.79 Å². The van der Waals surface area contributed by atoms with Crippen LogP contribution < -0.4 is 10.6 Å². The standard InChI is InChI=1S/C20H22N2OS.ClH/c23-20(22-15-16-11-13-21-14-12-16)19(17-7-3-1-4-8-17)24-18-9-5-2-6-10-18;/h1-11,19,21H,12-15H2,(H,22,23);1H. The van der Waals surface area contributed by atoms with E-state index in [-0.39, 0.29) is 23.6 Å². The minimum absolute atomic E-state index is 0. The van der Waals surface area contributed by atoms with E-state index in [4.69, 9.17) is 0 Å². The number of hydrogen-bond acceptors (Lipinski definition) is 3. The van der Waals surface area contributed by atoms with Gasteiger partial charge in [-0.3, -0.25) is 4.79 Å². The van der Waals surface area contributed by atoms with Crippen LogP contribution in [0.2, 0.25) is 0 Å². The van der Waals surface area contributed by atoms with E-state index < -0.39 is 0 Å². The van der Waals surface area contributed by atoms with Gasteiger partial charge in [0.15, 0.2) is 0 Å². The number of carbonyl (C=O) groups is 1. The second-order valence-electron chi connectivity index (χ2n) is 5.76. The van der Waals surface area contributed by atoms with Crippen LogP contribution >= 0.6 is 24.2 Å². The predicted molar refractivity (Wildman–Crippen MR) is 107 cm³/mol. The number of halogens is 1. The summed E-state index contributed by atoms with van der Waals surface area (Å²) in [5.41, 5.74) is 2.33. The Balaban J connectivity index is 0.00000225. The van der Waals surface area contributed by atoms with Crippen molar-refractivity contribution in [3.05, 3.63) is 77.9 Å². The molecule has 0 bridgehead atoms. The van der Waals surface area contributed by atoms with Crippen LogP contribution in [0.15, 0.2) is 77.2 Å². The first-order valence-electron chi connectivity index (χ1n) is 8.26. The Bertz CT molecular complexity index is 691. The molecule has 0 spiro atoms. The van der Waals surface area contributed by atoms with Crippen LogP contribution in [0.1, 0.15) is 17.2 Å². The maximum absolute atomic E-state index is 12.8. The topological polar surface area (TPSA) is 41.1 Å². The van der Waals surface area contributed by atoms with Crippen molar-refractivity contribution >= 4 is 30.1 Å². The normalized spacial score (nSPS) is 14.8. The number of amides is 1. The molecule has 2 aromatic carbocycles. The van der Waals surface area contributed by atoms with Gasteiger partial charge in [-0.25, -0.2) is 0 Å². The van der Waals surface area contributed by atoms with Crippen LogP contribution in [0.25, 0.3) is 0 Å². The number of benzene rings is 2. The highest BCUT2D eigenvalue weighted by Crippen LogP contribution is 2.35. The van der Waals surface area contributed by atoms with Gasteiger partial charge in [0.05, 0.1) is 0 Å². The number of carbonyl (C=O) groups excluding carboxylic acids is 1. The maximum atomic E-state index is 12.8. The average molecular weight is 375 g/mol. The number of nitrogens with one attached hydrogen (secondary N) is 2. The SMILES string of the molecule is Cl.O=C(NCC1=CCNCC1)C(Sc1ccccc1)c1ccccc1. The first kappa shape index (κ1) is 19.6. The highest BCUT2D eigenvalue weighted by Gasteiger charge is 2.22. The molecule has 2 N–H and O–H groups in total. The Kier molecular flexibility index (Phi) is 8.06. The Morgan fingerprint density at radius 3 is 2.40 bits per heavy atom. The molecule has 1 unspecified atom stereocenters. The smallest absolute Gasteiger partial charge is 0.238 e. The lowest BCUT2D eigenvalue weighted by molar-refractivity contribution is -0.120. The van der Waals surface area contributed by atoms with Crippen LogP contribution in [0.3, 0.4) is 0 Å². The summed E-state index contributed by atoms with van der Waals surface area (Å²) in [7, 11) is 0. The molecule has 2 aromatic rings. The van der Waals surface area contributed by atoms with Gasteiger partial charge in [0.25, 0.3) is 0 Å². The van der Waals surface area contributed by atoms with Gasteiger partial charge in [-0.05, 0) is 30.7 Å². The fraction of sp³-hybridized carbons (Fsp3) is 0.250. The van der Waals surface area contributed by atoms with E-state index in [0.29, 0.717) is 6.54 Å². The van der Waals surface area contributed by atoms with Gasteiger partial charge in [0.1, 0.15) is 5.25 Å². The van der Waals surface area contributed by atoms with Gasteiger partial charge >= 0.3 is 0 Å². The molecule has 0 fully saturated rings. The van der Waals surface area contributed by atoms with Gasteiger partial charge in [0.2, 0.25) is 5.91 Å². The molecule has 5 heteroatoms. The van der Waals surface area contributed by atoms with Crippen LogP contribution in [0, 0.1) is 0 Å². The zero-order chi connectivity index (χ0) is 16.6. The molecule has 3 rings (SSSR count). The number of thioether (sulfide) groups is 1. The average Bonchev–Trinajstić information content (AvgIpc) is 2.66. The lowest BCUT2D eigenvalue weighted by atomic mass is 10.1. The minimum Gasteiger partial charge on any atom is -0.351 e. The lowest BCUT2D eigenvalue weighted by Crippen LogP contribution is -2.32. The number of hydrogen-bond donors (Lipinski definition) is 2. The molecule has 132 valence electrons. The molecule has 0 aliphatic carbocycles. The van der Waals surface area contributed by atoms with Crippen molar-refractivity contribution in [1.82, 2.24) is 10.6 Å². The maximum Gasteiger partial charge on any atom is 0.238 e. The highest BCUT2D eigenvalue weighted by molar-refractivity contribution is 8.00. The second kappa shape index (κ2) is 10.3. The fourth-order valence-electron chi connectivity index (χ4n) is 2.66. The summed E-state index contributed by atoms with van der Waals surface area (Å²) >= 11 is 1.59. The molecule has 3 nitrogen and oxygen atoms in total. The van der Waals surface area contributed by atoms with E-state index in [1.165, 1.54) is 5.57 Å². The zero-order valence-corrected chi connectivity index (χ0v) is 15.6. The van der Waals surface area contributed by atoms with Gasteiger partial charge in [-0.15, -0.1) is 24.2 Å². The molecule has 25 heavy (non-hydrogen) atoms. The third-order valence-corrected chi connectivity index (χ3v) is 5.25. The van der Waals surface area contributed by atoms with Gasteiger partial charge in [0, 0.05) is 18.0 Å². The summed E-state index contributed by atoms with van der Waals surface area (Å²) in [5.74, 6) is 0.0643. The molecule has 1 amide bonds. The monoisotopic (exact) mass is 374 g/mol. The minimum atomic E-state index is -0.240. The number of rotatable bonds is 6. The van der Waals surface area contributed by atoms with Gasteiger partial charge in [-0.1, -0.05) is 60.2 Å². The molecule has 0 saturated carbocycles. The van der Waals surface area contributed by atoms with E-state index in [1.807, 2.05) is 60.7 Å². The van der Waals surface area contributed by atoms with Gasteiger partial charge < -0.3 is 10.6 Å².